The van der Waals surface area contributed by atoms with Crippen LogP contribution in [0.4, 0.5) is 5.69 Å². The van der Waals surface area contributed by atoms with Crippen molar-refractivity contribution in [1.82, 2.24) is 0 Å². The molecule has 0 amide bonds. The minimum Gasteiger partial charge on any atom is -0.449 e. The Morgan fingerprint density at radius 3 is 2.03 bits per heavy atom. The molecule has 0 radical (unpaired) electrons. The van der Waals surface area contributed by atoms with Gasteiger partial charge in [0.15, 0.2) is 5.75 Å². The van der Waals surface area contributed by atoms with E-state index in [1.165, 1.54) is 5.56 Å². The Hall–Kier alpha value is -2.91. The van der Waals surface area contributed by atoms with E-state index in [1.807, 2.05) is 6.07 Å². The van der Waals surface area contributed by atoms with Gasteiger partial charge in [-0.25, -0.2) is 4.99 Å². The lowest BCUT2D eigenvalue weighted by atomic mass is 9.77. The molecular weight excluding hydrogens is 394 g/mol. The largest absolute Gasteiger partial charge is 0.449 e. The van der Waals surface area contributed by atoms with E-state index in [2.05, 4.69) is 96.1 Å². The molecule has 3 aromatic carbocycles. The van der Waals surface area contributed by atoms with E-state index in [0.717, 1.165) is 45.0 Å². The molecule has 1 aliphatic carbocycles. The number of benzene rings is 3. The van der Waals surface area contributed by atoms with E-state index in [1.54, 1.807) is 7.11 Å². The van der Waals surface area contributed by atoms with Crippen molar-refractivity contribution >= 4 is 11.4 Å². The highest BCUT2D eigenvalue weighted by atomic mass is 16.7. The molecule has 0 saturated carbocycles. The molecule has 1 heterocycles. The highest BCUT2D eigenvalue weighted by molar-refractivity contribution is 6.16. The molecule has 5 rings (SSSR count). The first kappa shape index (κ1) is 21.0. The molecule has 3 aromatic rings. The highest BCUT2D eigenvalue weighted by Gasteiger charge is 2.50. The zero-order valence-electron chi connectivity index (χ0n) is 20.0. The van der Waals surface area contributed by atoms with E-state index in [-0.39, 0.29) is 10.8 Å². The van der Waals surface area contributed by atoms with Crippen LogP contribution in [0.25, 0.3) is 11.1 Å². The van der Waals surface area contributed by atoms with Gasteiger partial charge in [-0.15, -0.1) is 0 Å². The normalized spacial score (nSPS) is 19.2. The summed E-state index contributed by atoms with van der Waals surface area (Å²) in [5, 5.41) is 0. The van der Waals surface area contributed by atoms with Crippen molar-refractivity contribution in [3.05, 3.63) is 82.9 Å². The Morgan fingerprint density at radius 1 is 0.781 bits per heavy atom. The number of nitrogens with zero attached hydrogens (tertiary/aromatic N) is 1. The molecule has 1 unspecified atom stereocenters. The molecule has 0 spiro atoms. The molecule has 0 bridgehead atoms. The molecule has 0 fully saturated rings. The van der Waals surface area contributed by atoms with Crippen LogP contribution in [0.1, 0.15) is 63.8 Å². The number of methoxy groups -OCH3 is 1. The second-order valence-corrected chi connectivity index (χ2v) is 10.8. The third-order valence-corrected chi connectivity index (χ3v) is 6.57. The summed E-state index contributed by atoms with van der Waals surface area (Å²) in [4.78, 5) is 5.27. The summed E-state index contributed by atoms with van der Waals surface area (Å²) < 4.78 is 13.2. The predicted octanol–water partition coefficient (Wildman–Crippen LogP) is 7.27. The van der Waals surface area contributed by atoms with Gasteiger partial charge in [0, 0.05) is 23.8 Å². The van der Waals surface area contributed by atoms with Gasteiger partial charge in [0.1, 0.15) is 11.4 Å². The fraction of sp³-hybridized carbons (Fsp3) is 0.345. The zero-order chi connectivity index (χ0) is 22.9. The molecule has 3 heteroatoms. The SMILES string of the molecule is COC12Oc3c(cc(C(C)(C)C)cc3C(C)(C)C)N=C1c1ccccc1-c1ccccc12. The quantitative estimate of drug-likeness (QED) is 0.410. The van der Waals surface area contributed by atoms with Crippen molar-refractivity contribution in [2.75, 3.05) is 7.11 Å². The maximum Gasteiger partial charge on any atom is 0.282 e. The average Bonchev–Trinajstić information content (AvgIpc) is 2.76. The number of fused-ring (bicyclic) bond motifs is 7. The van der Waals surface area contributed by atoms with Gasteiger partial charge in [0.25, 0.3) is 5.79 Å². The number of ether oxygens (including phenoxy) is 2. The molecule has 2 aliphatic rings. The molecule has 1 aliphatic heterocycles. The van der Waals surface area contributed by atoms with Crippen molar-refractivity contribution in [3.63, 3.8) is 0 Å². The molecule has 0 N–H and O–H groups in total. The first-order valence-electron chi connectivity index (χ1n) is 11.3. The first-order chi connectivity index (χ1) is 15.1. The van der Waals surface area contributed by atoms with Crippen LogP contribution in [-0.4, -0.2) is 12.8 Å². The highest BCUT2D eigenvalue weighted by Crippen LogP contribution is 2.53. The van der Waals surface area contributed by atoms with Crippen LogP contribution < -0.4 is 4.74 Å². The lowest BCUT2D eigenvalue weighted by molar-refractivity contribution is -0.116. The Labute approximate surface area is 191 Å². The van der Waals surface area contributed by atoms with Gasteiger partial charge in [-0.2, -0.15) is 0 Å². The summed E-state index contributed by atoms with van der Waals surface area (Å²) >= 11 is 0. The maximum absolute atomic E-state index is 6.93. The third kappa shape index (κ3) is 2.95. The fourth-order valence-electron chi connectivity index (χ4n) is 4.78. The van der Waals surface area contributed by atoms with Crippen LogP contribution >= 0.6 is 0 Å². The Bertz CT molecular complexity index is 1260. The molecule has 0 saturated heterocycles. The topological polar surface area (TPSA) is 30.8 Å². The lowest BCUT2D eigenvalue weighted by Crippen LogP contribution is -2.48. The van der Waals surface area contributed by atoms with Gasteiger partial charge in [-0.3, -0.25) is 0 Å². The van der Waals surface area contributed by atoms with Gasteiger partial charge in [0.05, 0.1) is 0 Å². The summed E-state index contributed by atoms with van der Waals surface area (Å²) in [6.07, 6.45) is 0. The van der Waals surface area contributed by atoms with Crippen molar-refractivity contribution in [3.8, 4) is 16.9 Å². The van der Waals surface area contributed by atoms with E-state index < -0.39 is 5.79 Å². The van der Waals surface area contributed by atoms with Crippen molar-refractivity contribution < 1.29 is 9.47 Å². The smallest absolute Gasteiger partial charge is 0.282 e. The summed E-state index contributed by atoms with van der Waals surface area (Å²) in [7, 11) is 1.71. The van der Waals surface area contributed by atoms with Crippen LogP contribution in [-0.2, 0) is 21.4 Å². The molecule has 1 atom stereocenters. The number of rotatable bonds is 1. The molecule has 3 nitrogen and oxygen atoms in total. The minimum absolute atomic E-state index is 0.00206. The summed E-state index contributed by atoms with van der Waals surface area (Å²) in [6, 6.07) is 21.2. The van der Waals surface area contributed by atoms with E-state index in [9.17, 15) is 0 Å². The van der Waals surface area contributed by atoms with Gasteiger partial charge < -0.3 is 9.47 Å². The maximum atomic E-state index is 6.93. The monoisotopic (exact) mass is 425 g/mol. The zero-order valence-corrected chi connectivity index (χ0v) is 20.0. The summed E-state index contributed by atoms with van der Waals surface area (Å²) in [5.74, 6) is -0.272. The third-order valence-electron chi connectivity index (χ3n) is 6.57. The Balaban J connectivity index is 1.88. The standard InChI is InChI=1S/C29H31NO2/c1-27(2,3)18-16-23(28(4,5)6)25-24(17-18)30-26-21-14-9-8-12-19(21)20-13-10-11-15-22(20)29(26,31-7)32-25/h8-17H,1-7H3. The first-order valence-corrected chi connectivity index (χ1v) is 11.3. The average molecular weight is 426 g/mol. The molecule has 32 heavy (non-hydrogen) atoms. The van der Waals surface area contributed by atoms with Crippen LogP contribution in [0.15, 0.2) is 65.7 Å². The Kier molecular flexibility index (Phi) is 4.45. The van der Waals surface area contributed by atoms with Crippen LogP contribution in [0.3, 0.4) is 0 Å². The second kappa shape index (κ2) is 6.79. The number of hydrogen-bond acceptors (Lipinski definition) is 3. The fourth-order valence-corrected chi connectivity index (χ4v) is 4.78. The van der Waals surface area contributed by atoms with Crippen molar-refractivity contribution in [1.29, 1.82) is 0 Å². The van der Waals surface area contributed by atoms with Gasteiger partial charge in [-0.05, 0) is 33.6 Å². The predicted molar refractivity (Wildman–Crippen MR) is 131 cm³/mol. The Morgan fingerprint density at radius 2 is 1.41 bits per heavy atom. The lowest BCUT2D eigenvalue weighted by Gasteiger charge is -2.43. The van der Waals surface area contributed by atoms with Gasteiger partial charge in [-0.1, -0.05) is 96.1 Å². The van der Waals surface area contributed by atoms with Crippen LogP contribution in [0.5, 0.6) is 5.75 Å². The van der Waals surface area contributed by atoms with Gasteiger partial charge in [0.2, 0.25) is 0 Å². The molecule has 164 valence electrons. The number of aliphatic imine (C=N–C) groups is 1. The van der Waals surface area contributed by atoms with Crippen LogP contribution in [0.2, 0.25) is 0 Å². The van der Waals surface area contributed by atoms with E-state index in [0.29, 0.717) is 0 Å². The molecule has 0 aromatic heterocycles. The van der Waals surface area contributed by atoms with E-state index >= 15 is 0 Å². The second-order valence-electron chi connectivity index (χ2n) is 10.8. The van der Waals surface area contributed by atoms with Crippen molar-refractivity contribution in [2.45, 2.75) is 58.2 Å². The summed E-state index contributed by atoms with van der Waals surface area (Å²) in [6.45, 7) is 13.4. The van der Waals surface area contributed by atoms with E-state index in [4.69, 9.17) is 14.5 Å². The molecular formula is C29H31NO2. The summed E-state index contributed by atoms with van der Waals surface area (Å²) in [5.41, 5.74) is 8.30. The number of hydrogen-bond donors (Lipinski definition) is 0. The van der Waals surface area contributed by atoms with Crippen molar-refractivity contribution in [2.24, 2.45) is 4.99 Å². The van der Waals surface area contributed by atoms with Crippen LogP contribution in [0, 0.1) is 0 Å². The van der Waals surface area contributed by atoms with Gasteiger partial charge >= 0.3 is 0 Å². The minimum atomic E-state index is -1.08.